The number of nitrogens with one attached hydrogen (secondary N) is 1. The number of benzene rings is 2. The molecule has 0 aromatic heterocycles. The number of hydrogen-bond acceptors (Lipinski definition) is 2. The summed E-state index contributed by atoms with van der Waals surface area (Å²) < 4.78 is 28.2. The third-order valence-electron chi connectivity index (χ3n) is 2.51. The minimum Gasteiger partial charge on any atom is -0.435 e. The Labute approximate surface area is 129 Å². The van der Waals surface area contributed by atoms with Crippen LogP contribution in [0.4, 0.5) is 14.5 Å². The molecule has 0 saturated heterocycles. The van der Waals surface area contributed by atoms with Crippen molar-refractivity contribution >= 4 is 34.8 Å². The van der Waals surface area contributed by atoms with Crippen LogP contribution < -0.4 is 10.1 Å². The van der Waals surface area contributed by atoms with Crippen molar-refractivity contribution in [3.63, 3.8) is 0 Å². The van der Waals surface area contributed by atoms with Crippen molar-refractivity contribution < 1.29 is 18.3 Å². The Morgan fingerprint density at radius 1 is 1.10 bits per heavy atom. The summed E-state index contributed by atoms with van der Waals surface area (Å²) in [7, 11) is 0. The molecule has 3 nitrogen and oxygen atoms in total. The predicted octanol–water partition coefficient (Wildman–Crippen LogP) is 4.85. The number of alkyl halides is 2. The number of carbonyl (C=O) groups excluding carboxylic acids is 1. The quantitative estimate of drug-likeness (QED) is 0.869. The topological polar surface area (TPSA) is 38.3 Å². The molecular weight excluding hydrogens is 323 g/mol. The summed E-state index contributed by atoms with van der Waals surface area (Å²) in [6.45, 7) is -2.89. The second-order valence-electron chi connectivity index (χ2n) is 3.98. The molecule has 0 unspecified atom stereocenters. The van der Waals surface area contributed by atoms with Gasteiger partial charge in [0.2, 0.25) is 0 Å². The molecule has 21 heavy (non-hydrogen) atoms. The van der Waals surface area contributed by atoms with Gasteiger partial charge in [-0.15, -0.1) is 0 Å². The van der Waals surface area contributed by atoms with Gasteiger partial charge in [-0.3, -0.25) is 4.79 Å². The van der Waals surface area contributed by atoms with E-state index in [1.54, 1.807) is 6.07 Å². The number of rotatable bonds is 4. The lowest BCUT2D eigenvalue weighted by Crippen LogP contribution is -2.12. The maximum atomic E-state index is 12.0. The summed E-state index contributed by atoms with van der Waals surface area (Å²) in [4.78, 5) is 12.0. The van der Waals surface area contributed by atoms with Crippen molar-refractivity contribution in [2.45, 2.75) is 6.61 Å². The molecule has 0 aliphatic carbocycles. The van der Waals surface area contributed by atoms with E-state index in [4.69, 9.17) is 23.2 Å². The van der Waals surface area contributed by atoms with Gasteiger partial charge in [-0.25, -0.2) is 0 Å². The number of ether oxygens (including phenoxy) is 1. The van der Waals surface area contributed by atoms with Gasteiger partial charge in [0.1, 0.15) is 5.75 Å². The molecule has 0 radical (unpaired) electrons. The highest BCUT2D eigenvalue weighted by atomic mass is 35.5. The van der Waals surface area contributed by atoms with E-state index in [0.717, 1.165) is 0 Å². The highest BCUT2D eigenvalue weighted by Crippen LogP contribution is 2.23. The molecule has 0 saturated carbocycles. The minimum atomic E-state index is -2.89. The molecule has 2 aromatic rings. The number of carbonyl (C=O) groups is 1. The van der Waals surface area contributed by atoms with Crippen molar-refractivity contribution in [1.29, 1.82) is 0 Å². The fourth-order valence-corrected chi connectivity index (χ4v) is 2.09. The number of hydrogen-bond donors (Lipinski definition) is 1. The summed E-state index contributed by atoms with van der Waals surface area (Å²) in [5.41, 5.74) is 0.682. The molecule has 0 aliphatic heterocycles. The Morgan fingerprint density at radius 2 is 1.76 bits per heavy atom. The van der Waals surface area contributed by atoms with E-state index in [1.165, 1.54) is 36.4 Å². The molecule has 0 heterocycles. The van der Waals surface area contributed by atoms with Crippen LogP contribution in [0.1, 0.15) is 10.4 Å². The zero-order valence-electron chi connectivity index (χ0n) is 10.4. The number of halogens is 4. The molecule has 0 atom stereocenters. The van der Waals surface area contributed by atoms with Crippen LogP contribution in [0, 0.1) is 0 Å². The van der Waals surface area contributed by atoms with Crippen LogP contribution >= 0.6 is 23.2 Å². The lowest BCUT2D eigenvalue weighted by molar-refractivity contribution is -0.0498. The maximum Gasteiger partial charge on any atom is 0.387 e. The second kappa shape index (κ2) is 6.74. The molecule has 0 fully saturated rings. The molecule has 0 bridgehead atoms. The first-order valence-corrected chi connectivity index (χ1v) is 6.52. The molecule has 1 amide bonds. The monoisotopic (exact) mass is 331 g/mol. The Hall–Kier alpha value is -1.85. The third kappa shape index (κ3) is 4.31. The SMILES string of the molecule is O=C(Nc1ccc(OC(F)F)cc1)c1ccc(Cl)cc1Cl. The van der Waals surface area contributed by atoms with Gasteiger partial charge in [-0.2, -0.15) is 8.78 Å². The third-order valence-corrected chi connectivity index (χ3v) is 3.06. The fraction of sp³-hybridized carbons (Fsp3) is 0.0714. The Bertz CT molecular complexity index is 648. The van der Waals surface area contributed by atoms with E-state index in [-0.39, 0.29) is 16.3 Å². The number of amides is 1. The van der Waals surface area contributed by atoms with Gasteiger partial charge in [0, 0.05) is 10.7 Å². The number of anilines is 1. The lowest BCUT2D eigenvalue weighted by atomic mass is 10.2. The Morgan fingerprint density at radius 3 is 2.33 bits per heavy atom. The zero-order valence-corrected chi connectivity index (χ0v) is 12.0. The molecule has 0 spiro atoms. The van der Waals surface area contributed by atoms with E-state index < -0.39 is 12.5 Å². The summed E-state index contributed by atoms with van der Waals surface area (Å²) in [6, 6.07) is 10.0. The van der Waals surface area contributed by atoms with Crippen LogP contribution in [0.25, 0.3) is 0 Å². The summed E-state index contributed by atoms with van der Waals surface area (Å²) in [6.07, 6.45) is 0. The highest BCUT2D eigenvalue weighted by Gasteiger charge is 2.11. The predicted molar refractivity (Wildman–Crippen MR) is 77.5 cm³/mol. The van der Waals surface area contributed by atoms with E-state index in [0.29, 0.717) is 10.7 Å². The van der Waals surface area contributed by atoms with Crippen LogP contribution in [0.2, 0.25) is 10.0 Å². The first-order chi connectivity index (χ1) is 9.95. The maximum absolute atomic E-state index is 12.0. The molecule has 0 aliphatic rings. The largest absolute Gasteiger partial charge is 0.435 e. The smallest absolute Gasteiger partial charge is 0.387 e. The summed E-state index contributed by atoms with van der Waals surface area (Å²) in [5.74, 6) is -0.424. The second-order valence-corrected chi connectivity index (χ2v) is 4.82. The van der Waals surface area contributed by atoms with Crippen molar-refractivity contribution in [3.05, 3.63) is 58.1 Å². The molecule has 110 valence electrons. The van der Waals surface area contributed by atoms with Crippen LogP contribution in [-0.4, -0.2) is 12.5 Å². The van der Waals surface area contributed by atoms with E-state index in [2.05, 4.69) is 10.1 Å². The van der Waals surface area contributed by atoms with Gasteiger partial charge in [0.25, 0.3) is 5.91 Å². The van der Waals surface area contributed by atoms with E-state index in [9.17, 15) is 13.6 Å². The van der Waals surface area contributed by atoms with E-state index >= 15 is 0 Å². The van der Waals surface area contributed by atoms with E-state index in [1.807, 2.05) is 0 Å². The van der Waals surface area contributed by atoms with Gasteiger partial charge in [-0.1, -0.05) is 23.2 Å². The standard InChI is InChI=1S/C14H9Cl2F2NO2/c15-8-1-6-11(12(16)7-8)13(20)19-9-2-4-10(5-3-9)21-14(17)18/h1-7,14H,(H,19,20). The molecule has 2 aromatic carbocycles. The minimum absolute atomic E-state index is 0.00697. The Balaban J connectivity index is 2.08. The van der Waals surface area contributed by atoms with Gasteiger partial charge >= 0.3 is 6.61 Å². The average Bonchev–Trinajstić information content (AvgIpc) is 2.40. The molecule has 2 rings (SSSR count). The molecule has 1 N–H and O–H groups in total. The van der Waals surface area contributed by atoms with Crippen molar-refractivity contribution in [2.75, 3.05) is 5.32 Å². The summed E-state index contributed by atoms with van der Waals surface area (Å²) >= 11 is 11.7. The zero-order chi connectivity index (χ0) is 15.4. The van der Waals surface area contributed by atoms with Crippen molar-refractivity contribution in [3.8, 4) is 5.75 Å². The van der Waals surface area contributed by atoms with Crippen molar-refractivity contribution in [2.24, 2.45) is 0 Å². The van der Waals surface area contributed by atoms with Gasteiger partial charge < -0.3 is 10.1 Å². The van der Waals surface area contributed by atoms with Gasteiger partial charge in [0.05, 0.1) is 10.6 Å². The summed E-state index contributed by atoms with van der Waals surface area (Å²) in [5, 5.41) is 3.23. The van der Waals surface area contributed by atoms with Crippen LogP contribution in [-0.2, 0) is 0 Å². The van der Waals surface area contributed by atoms with Gasteiger partial charge in [0.15, 0.2) is 0 Å². The van der Waals surface area contributed by atoms with Crippen molar-refractivity contribution in [1.82, 2.24) is 0 Å². The van der Waals surface area contributed by atoms with Crippen LogP contribution in [0.15, 0.2) is 42.5 Å². The van der Waals surface area contributed by atoms with Crippen LogP contribution in [0.5, 0.6) is 5.75 Å². The highest BCUT2D eigenvalue weighted by molar-refractivity contribution is 6.37. The lowest BCUT2D eigenvalue weighted by Gasteiger charge is -2.08. The average molecular weight is 332 g/mol. The fourth-order valence-electron chi connectivity index (χ4n) is 1.59. The first-order valence-electron chi connectivity index (χ1n) is 5.77. The Kier molecular flexibility index (Phi) is 4.98. The van der Waals surface area contributed by atoms with Crippen LogP contribution in [0.3, 0.4) is 0 Å². The van der Waals surface area contributed by atoms with Gasteiger partial charge in [-0.05, 0) is 42.5 Å². The molecular formula is C14H9Cl2F2NO2. The first kappa shape index (κ1) is 15.5. The normalized spacial score (nSPS) is 10.5. The molecule has 7 heteroatoms.